The molecule has 0 saturated carbocycles. The highest BCUT2D eigenvalue weighted by Crippen LogP contribution is 2.30. The SMILES string of the molecule is COc1ccccc1C(=O)N1CC[C@H](c2cc(-c3ccc(C)cc3)n[nH]2)C1. The van der Waals surface area contributed by atoms with Crippen LogP contribution >= 0.6 is 0 Å². The molecular weight excluding hydrogens is 338 g/mol. The lowest BCUT2D eigenvalue weighted by Crippen LogP contribution is -2.28. The summed E-state index contributed by atoms with van der Waals surface area (Å²) in [5.74, 6) is 0.915. The lowest BCUT2D eigenvalue weighted by atomic mass is 10.0. The summed E-state index contributed by atoms with van der Waals surface area (Å²) in [6.45, 7) is 3.50. The smallest absolute Gasteiger partial charge is 0.257 e. The largest absolute Gasteiger partial charge is 0.496 e. The number of nitrogens with zero attached hydrogens (tertiary/aromatic N) is 2. The van der Waals surface area contributed by atoms with Gasteiger partial charge >= 0.3 is 0 Å². The Balaban J connectivity index is 1.48. The molecule has 1 aliphatic rings. The summed E-state index contributed by atoms with van der Waals surface area (Å²) in [4.78, 5) is 14.8. The number of aromatic nitrogens is 2. The zero-order valence-electron chi connectivity index (χ0n) is 15.6. The normalized spacial score (nSPS) is 16.5. The molecule has 1 aliphatic heterocycles. The highest BCUT2D eigenvalue weighted by molar-refractivity contribution is 5.97. The maximum absolute atomic E-state index is 12.9. The number of carbonyl (C=O) groups is 1. The first-order chi connectivity index (χ1) is 13.2. The third-order valence-corrected chi connectivity index (χ3v) is 5.20. The highest BCUT2D eigenvalue weighted by Gasteiger charge is 2.30. The second-order valence-corrected chi connectivity index (χ2v) is 7.01. The third kappa shape index (κ3) is 3.45. The lowest BCUT2D eigenvalue weighted by molar-refractivity contribution is 0.0787. The molecule has 0 unspecified atom stereocenters. The lowest BCUT2D eigenvalue weighted by Gasteiger charge is -2.17. The van der Waals surface area contributed by atoms with Crippen LogP contribution in [0.25, 0.3) is 11.3 Å². The molecule has 1 fully saturated rings. The Bertz CT molecular complexity index is 946. The fraction of sp³-hybridized carbons (Fsp3) is 0.273. The van der Waals surface area contributed by atoms with Crippen molar-refractivity contribution < 1.29 is 9.53 Å². The molecule has 0 radical (unpaired) electrons. The molecule has 4 rings (SSSR count). The van der Waals surface area contributed by atoms with Crippen molar-refractivity contribution in [3.8, 4) is 17.0 Å². The summed E-state index contributed by atoms with van der Waals surface area (Å²) in [5, 5.41) is 7.64. The number of amides is 1. The molecule has 0 bridgehead atoms. The minimum Gasteiger partial charge on any atom is -0.496 e. The average Bonchev–Trinajstić information content (AvgIpc) is 3.37. The predicted octanol–water partition coefficient (Wildman–Crippen LogP) is 4.02. The molecule has 1 N–H and O–H groups in total. The molecular formula is C22H23N3O2. The van der Waals surface area contributed by atoms with E-state index in [1.165, 1.54) is 5.56 Å². The number of nitrogens with one attached hydrogen (secondary N) is 1. The average molecular weight is 361 g/mol. The zero-order chi connectivity index (χ0) is 18.8. The summed E-state index contributed by atoms with van der Waals surface area (Å²) in [7, 11) is 1.59. The predicted molar refractivity (Wildman–Crippen MR) is 105 cm³/mol. The number of para-hydroxylation sites is 1. The van der Waals surface area contributed by atoms with Gasteiger partial charge in [0, 0.05) is 30.3 Å². The number of ether oxygens (including phenoxy) is 1. The van der Waals surface area contributed by atoms with E-state index in [1.54, 1.807) is 7.11 Å². The molecule has 27 heavy (non-hydrogen) atoms. The Labute approximate surface area is 159 Å². The second-order valence-electron chi connectivity index (χ2n) is 7.01. The van der Waals surface area contributed by atoms with E-state index in [4.69, 9.17) is 4.74 Å². The van der Waals surface area contributed by atoms with Crippen LogP contribution in [0.4, 0.5) is 0 Å². The number of H-pyrrole nitrogens is 1. The van der Waals surface area contributed by atoms with Crippen LogP contribution in [0.1, 0.15) is 34.0 Å². The van der Waals surface area contributed by atoms with Crippen molar-refractivity contribution in [2.75, 3.05) is 20.2 Å². The number of methoxy groups -OCH3 is 1. The monoisotopic (exact) mass is 361 g/mol. The van der Waals surface area contributed by atoms with Gasteiger partial charge < -0.3 is 9.64 Å². The van der Waals surface area contributed by atoms with E-state index < -0.39 is 0 Å². The summed E-state index contributed by atoms with van der Waals surface area (Å²) in [6, 6.07) is 17.8. The molecule has 0 aliphatic carbocycles. The van der Waals surface area contributed by atoms with Crippen LogP contribution in [0.15, 0.2) is 54.6 Å². The number of aryl methyl sites for hydroxylation is 1. The Morgan fingerprint density at radius 3 is 2.74 bits per heavy atom. The van der Waals surface area contributed by atoms with Gasteiger partial charge in [-0.05, 0) is 31.5 Å². The van der Waals surface area contributed by atoms with E-state index in [1.807, 2.05) is 29.2 Å². The van der Waals surface area contributed by atoms with Crippen LogP contribution in [0.2, 0.25) is 0 Å². The summed E-state index contributed by atoms with van der Waals surface area (Å²) in [6.07, 6.45) is 0.927. The number of benzene rings is 2. The molecule has 2 heterocycles. The first kappa shape index (κ1) is 17.3. The van der Waals surface area contributed by atoms with Gasteiger partial charge in [0.05, 0.1) is 18.4 Å². The number of hydrogen-bond donors (Lipinski definition) is 1. The Hall–Kier alpha value is -3.08. The number of rotatable bonds is 4. The van der Waals surface area contributed by atoms with Gasteiger partial charge in [0.25, 0.3) is 5.91 Å². The number of carbonyl (C=O) groups excluding carboxylic acids is 1. The minimum absolute atomic E-state index is 0.0215. The van der Waals surface area contributed by atoms with Crippen LogP contribution in [-0.2, 0) is 0 Å². The molecule has 1 atom stereocenters. The molecule has 138 valence electrons. The highest BCUT2D eigenvalue weighted by atomic mass is 16.5. The van der Waals surface area contributed by atoms with Gasteiger partial charge in [0.15, 0.2) is 0 Å². The van der Waals surface area contributed by atoms with Crippen LogP contribution < -0.4 is 4.74 Å². The topological polar surface area (TPSA) is 58.2 Å². The van der Waals surface area contributed by atoms with E-state index in [9.17, 15) is 4.79 Å². The van der Waals surface area contributed by atoms with Crippen LogP contribution in [0, 0.1) is 6.92 Å². The van der Waals surface area contributed by atoms with E-state index in [-0.39, 0.29) is 11.8 Å². The van der Waals surface area contributed by atoms with Gasteiger partial charge in [-0.3, -0.25) is 9.89 Å². The van der Waals surface area contributed by atoms with Crippen LogP contribution in [0.5, 0.6) is 5.75 Å². The summed E-state index contributed by atoms with van der Waals surface area (Å²) in [5.41, 5.74) is 4.98. The standard InChI is InChI=1S/C22H23N3O2/c1-15-7-9-16(10-8-15)19-13-20(24-23-19)17-11-12-25(14-17)22(26)18-5-3-4-6-21(18)27-2/h3-10,13,17H,11-12,14H2,1-2H3,(H,23,24)/t17-/m0/s1. The van der Waals surface area contributed by atoms with Gasteiger partial charge in [-0.25, -0.2) is 0 Å². The summed E-state index contributed by atoms with van der Waals surface area (Å²) < 4.78 is 5.33. The second kappa shape index (κ2) is 7.27. The molecule has 1 aromatic heterocycles. The van der Waals surface area contributed by atoms with Gasteiger partial charge in [0.2, 0.25) is 0 Å². The quantitative estimate of drug-likeness (QED) is 0.763. The molecule has 0 spiro atoms. The van der Waals surface area contributed by atoms with Gasteiger partial charge in [0.1, 0.15) is 5.75 Å². The molecule has 3 aromatic rings. The Morgan fingerprint density at radius 2 is 1.96 bits per heavy atom. The maximum Gasteiger partial charge on any atom is 0.257 e. The van der Waals surface area contributed by atoms with Gasteiger partial charge in [-0.15, -0.1) is 0 Å². The van der Waals surface area contributed by atoms with Crippen molar-refractivity contribution in [2.24, 2.45) is 0 Å². The number of aromatic amines is 1. The van der Waals surface area contributed by atoms with Crippen molar-refractivity contribution >= 4 is 5.91 Å². The van der Waals surface area contributed by atoms with E-state index in [2.05, 4.69) is 47.5 Å². The van der Waals surface area contributed by atoms with Crippen LogP contribution in [0.3, 0.4) is 0 Å². The molecule has 1 amide bonds. The molecule has 1 saturated heterocycles. The first-order valence-electron chi connectivity index (χ1n) is 9.20. The third-order valence-electron chi connectivity index (χ3n) is 5.20. The van der Waals surface area contributed by atoms with Crippen molar-refractivity contribution in [3.63, 3.8) is 0 Å². The van der Waals surface area contributed by atoms with E-state index >= 15 is 0 Å². The number of likely N-dealkylation sites (tertiary alicyclic amines) is 1. The molecule has 2 aromatic carbocycles. The fourth-order valence-electron chi connectivity index (χ4n) is 3.61. The first-order valence-corrected chi connectivity index (χ1v) is 9.20. The Kier molecular flexibility index (Phi) is 4.67. The zero-order valence-corrected chi connectivity index (χ0v) is 15.6. The van der Waals surface area contributed by atoms with Crippen molar-refractivity contribution in [2.45, 2.75) is 19.3 Å². The van der Waals surface area contributed by atoms with E-state index in [0.29, 0.717) is 17.9 Å². The van der Waals surface area contributed by atoms with E-state index in [0.717, 1.165) is 29.9 Å². The Morgan fingerprint density at radius 1 is 1.19 bits per heavy atom. The van der Waals surface area contributed by atoms with Gasteiger partial charge in [-0.2, -0.15) is 5.10 Å². The summed E-state index contributed by atoms with van der Waals surface area (Å²) >= 11 is 0. The van der Waals surface area contributed by atoms with Crippen molar-refractivity contribution in [3.05, 3.63) is 71.4 Å². The van der Waals surface area contributed by atoms with Gasteiger partial charge in [-0.1, -0.05) is 42.0 Å². The number of hydrogen-bond acceptors (Lipinski definition) is 3. The molecule has 5 heteroatoms. The molecule has 5 nitrogen and oxygen atoms in total. The van der Waals surface area contributed by atoms with Crippen molar-refractivity contribution in [1.29, 1.82) is 0 Å². The fourth-order valence-corrected chi connectivity index (χ4v) is 3.61. The van der Waals surface area contributed by atoms with Crippen LogP contribution in [-0.4, -0.2) is 41.2 Å². The maximum atomic E-state index is 12.9. The minimum atomic E-state index is 0.0215. The van der Waals surface area contributed by atoms with Crippen molar-refractivity contribution in [1.82, 2.24) is 15.1 Å².